The Kier molecular flexibility index (Phi) is 6.91. The van der Waals surface area contributed by atoms with Gasteiger partial charge in [0.25, 0.3) is 5.91 Å². The smallest absolute Gasteiger partial charge is 0.255 e. The van der Waals surface area contributed by atoms with Crippen molar-refractivity contribution in [2.75, 3.05) is 5.32 Å². The van der Waals surface area contributed by atoms with Crippen LogP contribution in [0.3, 0.4) is 0 Å². The van der Waals surface area contributed by atoms with Gasteiger partial charge in [0.05, 0.1) is 11.8 Å². The molecule has 0 bridgehead atoms. The van der Waals surface area contributed by atoms with Crippen LogP contribution in [-0.2, 0) is 11.2 Å². The summed E-state index contributed by atoms with van der Waals surface area (Å²) in [5.41, 5.74) is 1.09. The monoisotopic (exact) mass is 379 g/mol. The number of hydrogen-bond donors (Lipinski definition) is 1. The maximum absolute atomic E-state index is 14.1. The average Bonchev–Trinajstić information content (AvgIpc) is 2.59. The van der Waals surface area contributed by atoms with Gasteiger partial charge in [-0.1, -0.05) is 36.7 Å². The molecule has 2 aromatic carbocycles. The summed E-state index contributed by atoms with van der Waals surface area (Å²) >= 11 is 11.3. The average molecular weight is 380 g/mol. The molecule has 6 heteroatoms. The van der Waals surface area contributed by atoms with Crippen molar-refractivity contribution in [3.05, 3.63) is 64.4 Å². The fourth-order valence-corrected chi connectivity index (χ4v) is 2.65. The van der Waals surface area contributed by atoms with E-state index in [1.807, 2.05) is 13.8 Å². The second-order valence-electron chi connectivity index (χ2n) is 5.63. The molecule has 0 saturated carbocycles. The number of carbonyl (C=O) groups excluding carboxylic acids is 1. The number of halogens is 2. The van der Waals surface area contributed by atoms with Crippen molar-refractivity contribution in [3.63, 3.8) is 0 Å². The highest BCUT2D eigenvalue weighted by molar-refractivity contribution is 7.80. The molecule has 0 aliphatic carbocycles. The van der Waals surface area contributed by atoms with E-state index in [9.17, 15) is 9.18 Å². The Bertz CT molecular complexity index is 768. The van der Waals surface area contributed by atoms with Crippen molar-refractivity contribution in [1.82, 2.24) is 0 Å². The molecule has 0 aliphatic heterocycles. The summed E-state index contributed by atoms with van der Waals surface area (Å²) < 4.78 is 19.7. The highest BCUT2D eigenvalue weighted by Crippen LogP contribution is 2.26. The summed E-state index contributed by atoms with van der Waals surface area (Å²) in [7, 11) is 0. The SMILES string of the molecule is CCC(C)OC(=S)Cc1cc(NC(=O)c2ccccc2)c(F)cc1Cl. The van der Waals surface area contributed by atoms with Crippen molar-refractivity contribution in [2.45, 2.75) is 32.8 Å². The Morgan fingerprint density at radius 3 is 2.64 bits per heavy atom. The number of carbonyl (C=O) groups is 1. The van der Waals surface area contributed by atoms with Gasteiger partial charge in [-0.15, -0.1) is 0 Å². The zero-order valence-corrected chi connectivity index (χ0v) is 15.6. The second kappa shape index (κ2) is 8.92. The van der Waals surface area contributed by atoms with Crippen LogP contribution in [0.25, 0.3) is 0 Å². The highest BCUT2D eigenvalue weighted by atomic mass is 35.5. The van der Waals surface area contributed by atoms with Gasteiger partial charge in [0.1, 0.15) is 5.82 Å². The van der Waals surface area contributed by atoms with Crippen LogP contribution in [-0.4, -0.2) is 17.1 Å². The number of ether oxygens (including phenoxy) is 1. The van der Waals surface area contributed by atoms with Crippen molar-refractivity contribution in [3.8, 4) is 0 Å². The molecule has 0 aromatic heterocycles. The molecule has 0 aliphatic rings. The minimum atomic E-state index is -0.605. The summed E-state index contributed by atoms with van der Waals surface area (Å²) in [6.07, 6.45) is 1.10. The number of thiocarbonyl (C=S) groups is 1. The van der Waals surface area contributed by atoms with Gasteiger partial charge in [0.15, 0.2) is 5.05 Å². The predicted octanol–water partition coefficient (Wildman–Crippen LogP) is 5.42. The third-order valence-electron chi connectivity index (χ3n) is 3.66. The minimum Gasteiger partial charge on any atom is -0.484 e. The Labute approximate surface area is 157 Å². The molecular weight excluding hydrogens is 361 g/mol. The molecule has 1 atom stereocenters. The molecule has 1 amide bonds. The van der Waals surface area contributed by atoms with Gasteiger partial charge in [-0.3, -0.25) is 4.79 Å². The molecule has 0 saturated heterocycles. The van der Waals surface area contributed by atoms with Crippen LogP contribution in [0.4, 0.5) is 10.1 Å². The lowest BCUT2D eigenvalue weighted by molar-refractivity contribution is 0.102. The number of amides is 1. The number of benzene rings is 2. The minimum absolute atomic E-state index is 0.00368. The lowest BCUT2D eigenvalue weighted by atomic mass is 10.1. The van der Waals surface area contributed by atoms with Crippen LogP contribution < -0.4 is 5.32 Å². The quantitative estimate of drug-likeness (QED) is 0.681. The fraction of sp³-hybridized carbons (Fsp3) is 0.263. The normalized spacial score (nSPS) is 11.7. The van der Waals surface area contributed by atoms with E-state index in [2.05, 4.69) is 5.32 Å². The Morgan fingerprint density at radius 1 is 1.32 bits per heavy atom. The molecule has 0 fully saturated rings. The first kappa shape index (κ1) is 19.3. The molecule has 1 unspecified atom stereocenters. The van der Waals surface area contributed by atoms with E-state index in [1.54, 1.807) is 30.3 Å². The first-order valence-electron chi connectivity index (χ1n) is 7.94. The molecule has 132 valence electrons. The van der Waals surface area contributed by atoms with Crippen molar-refractivity contribution < 1.29 is 13.9 Å². The molecule has 3 nitrogen and oxygen atoms in total. The largest absolute Gasteiger partial charge is 0.484 e. The van der Waals surface area contributed by atoms with E-state index in [1.165, 1.54) is 12.1 Å². The predicted molar refractivity (Wildman–Crippen MR) is 103 cm³/mol. The maximum atomic E-state index is 14.1. The zero-order valence-electron chi connectivity index (χ0n) is 14.0. The zero-order chi connectivity index (χ0) is 18.4. The van der Waals surface area contributed by atoms with Gasteiger partial charge in [-0.25, -0.2) is 4.39 Å². The summed E-state index contributed by atoms with van der Waals surface area (Å²) in [6, 6.07) is 11.2. The maximum Gasteiger partial charge on any atom is 0.255 e. The van der Waals surface area contributed by atoms with Crippen LogP contribution in [0, 0.1) is 5.82 Å². The van der Waals surface area contributed by atoms with Crippen LogP contribution >= 0.6 is 23.8 Å². The number of hydrogen-bond acceptors (Lipinski definition) is 3. The van der Waals surface area contributed by atoms with E-state index in [0.29, 0.717) is 16.2 Å². The summed E-state index contributed by atoms with van der Waals surface area (Å²) in [4.78, 5) is 12.2. The molecule has 2 rings (SSSR count). The topological polar surface area (TPSA) is 38.3 Å². The van der Waals surface area contributed by atoms with Crippen molar-refractivity contribution in [2.24, 2.45) is 0 Å². The Hall–Kier alpha value is -1.98. The second-order valence-corrected chi connectivity index (χ2v) is 6.49. The molecular formula is C19H19ClFNO2S. The molecule has 25 heavy (non-hydrogen) atoms. The standard InChI is InChI=1S/C19H19ClFNO2S/c1-3-12(2)24-18(25)10-14-9-17(16(21)11-15(14)20)22-19(23)13-7-5-4-6-8-13/h4-9,11-12H,3,10H2,1-2H3,(H,22,23). The third kappa shape index (κ3) is 5.51. The third-order valence-corrected chi connectivity index (χ3v) is 4.26. The van der Waals surface area contributed by atoms with E-state index >= 15 is 0 Å². The van der Waals surface area contributed by atoms with Gasteiger partial charge in [0, 0.05) is 17.0 Å². The van der Waals surface area contributed by atoms with E-state index < -0.39 is 11.7 Å². The van der Waals surface area contributed by atoms with Gasteiger partial charge in [-0.05, 0) is 55.4 Å². The first-order chi connectivity index (χ1) is 11.9. The number of rotatable bonds is 6. The fourth-order valence-electron chi connectivity index (χ4n) is 2.11. The van der Waals surface area contributed by atoms with Gasteiger partial charge in [-0.2, -0.15) is 0 Å². The van der Waals surface area contributed by atoms with E-state index in [4.69, 9.17) is 28.6 Å². The molecule has 0 heterocycles. The van der Waals surface area contributed by atoms with Gasteiger partial charge >= 0.3 is 0 Å². The van der Waals surface area contributed by atoms with E-state index in [-0.39, 0.29) is 23.2 Å². The number of nitrogens with one attached hydrogen (secondary N) is 1. The van der Waals surface area contributed by atoms with Crippen molar-refractivity contribution >= 4 is 40.5 Å². The van der Waals surface area contributed by atoms with Gasteiger partial charge in [0.2, 0.25) is 0 Å². The first-order valence-corrected chi connectivity index (χ1v) is 8.73. The van der Waals surface area contributed by atoms with Crippen LogP contribution in [0.2, 0.25) is 5.02 Å². The molecule has 0 spiro atoms. The number of anilines is 1. The van der Waals surface area contributed by atoms with Crippen LogP contribution in [0.5, 0.6) is 0 Å². The van der Waals surface area contributed by atoms with Crippen molar-refractivity contribution in [1.29, 1.82) is 0 Å². The molecule has 0 radical (unpaired) electrons. The Morgan fingerprint density at radius 2 is 2.00 bits per heavy atom. The highest BCUT2D eigenvalue weighted by Gasteiger charge is 2.14. The van der Waals surface area contributed by atoms with Crippen LogP contribution in [0.1, 0.15) is 36.2 Å². The summed E-state index contributed by atoms with van der Waals surface area (Å²) in [5, 5.41) is 3.18. The summed E-state index contributed by atoms with van der Waals surface area (Å²) in [6.45, 7) is 3.92. The Balaban J connectivity index is 2.17. The van der Waals surface area contributed by atoms with Gasteiger partial charge < -0.3 is 10.1 Å². The molecule has 2 aromatic rings. The van der Waals surface area contributed by atoms with Crippen LogP contribution in [0.15, 0.2) is 42.5 Å². The van der Waals surface area contributed by atoms with E-state index in [0.717, 1.165) is 6.42 Å². The summed E-state index contributed by atoms with van der Waals surface area (Å²) in [5.74, 6) is -1.00. The lowest BCUT2D eigenvalue weighted by Gasteiger charge is -2.15. The molecule has 1 N–H and O–H groups in total. The lowest BCUT2D eigenvalue weighted by Crippen LogP contribution is -2.16.